The highest BCUT2D eigenvalue weighted by atomic mass is 16.5. The lowest BCUT2D eigenvalue weighted by Gasteiger charge is -2.22. The van der Waals surface area contributed by atoms with E-state index in [-0.39, 0.29) is 25.1 Å². The molecule has 2 aromatic rings. The van der Waals surface area contributed by atoms with Crippen molar-refractivity contribution in [1.29, 1.82) is 0 Å². The van der Waals surface area contributed by atoms with E-state index in [9.17, 15) is 14.4 Å². The first-order chi connectivity index (χ1) is 15.4. The zero-order valence-corrected chi connectivity index (χ0v) is 18.6. The molecule has 1 atom stereocenters. The third kappa shape index (κ3) is 5.38. The molecule has 0 radical (unpaired) electrons. The van der Waals surface area contributed by atoms with Gasteiger partial charge in [-0.25, -0.2) is 0 Å². The molecule has 0 aliphatic carbocycles. The van der Waals surface area contributed by atoms with Crippen LogP contribution in [0.2, 0.25) is 0 Å². The number of rotatable bonds is 9. The fraction of sp³-hybridized carbons (Fsp3) is 0.375. The number of nitrogens with one attached hydrogen (secondary N) is 1. The second-order valence-corrected chi connectivity index (χ2v) is 7.32. The van der Waals surface area contributed by atoms with Crippen LogP contribution in [0.5, 0.6) is 11.5 Å². The third-order valence-corrected chi connectivity index (χ3v) is 5.03. The monoisotopic (exact) mass is 440 g/mol. The topological polar surface area (TPSA) is 94.2 Å². The van der Waals surface area contributed by atoms with E-state index >= 15 is 0 Å². The maximum atomic E-state index is 12.6. The van der Waals surface area contributed by atoms with Crippen LogP contribution in [0.1, 0.15) is 36.7 Å². The molecule has 1 aliphatic rings. The number of benzene rings is 2. The van der Waals surface area contributed by atoms with E-state index in [1.165, 1.54) is 0 Å². The molecule has 170 valence electrons. The number of hydrogen-bond acceptors (Lipinski definition) is 6. The molecule has 3 rings (SSSR count). The molecule has 0 spiro atoms. The van der Waals surface area contributed by atoms with E-state index in [4.69, 9.17) is 14.2 Å². The van der Waals surface area contributed by atoms with Crippen molar-refractivity contribution in [2.24, 2.45) is 0 Å². The van der Waals surface area contributed by atoms with Gasteiger partial charge in [-0.05, 0) is 57.0 Å². The maximum absolute atomic E-state index is 12.6. The fourth-order valence-corrected chi connectivity index (χ4v) is 3.66. The predicted octanol–water partition coefficient (Wildman–Crippen LogP) is 2.73. The van der Waals surface area contributed by atoms with E-state index in [0.29, 0.717) is 30.3 Å². The van der Waals surface area contributed by atoms with E-state index in [0.717, 1.165) is 17.7 Å². The standard InChI is InChI=1S/C24H28N2O6/c1-4-30-20-11-10-18(13-21(20)31-5-2)24(29)25-14-23(28)32-15-22(27)26-16(3)12-17-8-6-7-9-19(17)26/h6-11,13,16H,4-5,12,14-15H2,1-3H3,(H,25,29)/t16-/m0/s1. The molecule has 8 nitrogen and oxygen atoms in total. The van der Waals surface area contributed by atoms with E-state index in [2.05, 4.69) is 5.32 Å². The first-order valence-corrected chi connectivity index (χ1v) is 10.7. The molecule has 0 bridgehead atoms. The molecule has 1 aliphatic heterocycles. The van der Waals surface area contributed by atoms with Gasteiger partial charge >= 0.3 is 5.97 Å². The van der Waals surface area contributed by atoms with Gasteiger partial charge in [-0.1, -0.05) is 18.2 Å². The van der Waals surface area contributed by atoms with Gasteiger partial charge in [0.15, 0.2) is 18.1 Å². The molecule has 1 heterocycles. The number of hydrogen-bond donors (Lipinski definition) is 1. The minimum atomic E-state index is -0.692. The summed E-state index contributed by atoms with van der Waals surface area (Å²) < 4.78 is 16.1. The minimum absolute atomic E-state index is 0.00231. The Kier molecular flexibility index (Phi) is 7.70. The first-order valence-electron chi connectivity index (χ1n) is 10.7. The number of carbonyl (C=O) groups is 3. The summed E-state index contributed by atoms with van der Waals surface area (Å²) in [4.78, 5) is 38.7. The molecule has 0 saturated heterocycles. The summed E-state index contributed by atoms with van der Waals surface area (Å²) in [5.74, 6) is -0.450. The lowest BCUT2D eigenvalue weighted by molar-refractivity contribution is -0.146. The molecule has 0 aromatic heterocycles. The molecular formula is C24H28N2O6. The Balaban J connectivity index is 1.51. The lowest BCUT2D eigenvalue weighted by atomic mass is 10.1. The van der Waals surface area contributed by atoms with Crippen LogP contribution in [0, 0.1) is 0 Å². The maximum Gasteiger partial charge on any atom is 0.325 e. The normalized spacial score (nSPS) is 14.5. The van der Waals surface area contributed by atoms with Crippen LogP contribution in [0.3, 0.4) is 0 Å². The number of fused-ring (bicyclic) bond motifs is 1. The molecule has 0 unspecified atom stereocenters. The average molecular weight is 440 g/mol. The van der Waals surface area contributed by atoms with Crippen molar-refractivity contribution in [3.8, 4) is 11.5 Å². The fourth-order valence-electron chi connectivity index (χ4n) is 3.66. The van der Waals surface area contributed by atoms with Crippen LogP contribution < -0.4 is 19.7 Å². The lowest BCUT2D eigenvalue weighted by Crippen LogP contribution is -2.39. The van der Waals surface area contributed by atoms with Crippen molar-refractivity contribution in [3.05, 3.63) is 53.6 Å². The summed E-state index contributed by atoms with van der Waals surface area (Å²) in [5, 5.41) is 2.50. The van der Waals surface area contributed by atoms with Crippen LogP contribution in [0.15, 0.2) is 42.5 Å². The van der Waals surface area contributed by atoms with Gasteiger partial charge in [-0.15, -0.1) is 0 Å². The van der Waals surface area contributed by atoms with Gasteiger partial charge in [0.1, 0.15) is 6.54 Å². The van der Waals surface area contributed by atoms with E-state index in [1.807, 2.05) is 45.0 Å². The molecular weight excluding hydrogens is 412 g/mol. The zero-order valence-electron chi connectivity index (χ0n) is 18.6. The number of carbonyl (C=O) groups excluding carboxylic acids is 3. The number of nitrogens with zero attached hydrogens (tertiary/aromatic N) is 1. The van der Waals surface area contributed by atoms with Crippen LogP contribution in [0.4, 0.5) is 5.69 Å². The van der Waals surface area contributed by atoms with Gasteiger partial charge in [-0.2, -0.15) is 0 Å². The molecule has 32 heavy (non-hydrogen) atoms. The number of amides is 2. The zero-order chi connectivity index (χ0) is 23.1. The second kappa shape index (κ2) is 10.7. The summed E-state index contributed by atoms with van der Waals surface area (Å²) in [6.07, 6.45) is 0.762. The quantitative estimate of drug-likeness (QED) is 0.603. The Morgan fingerprint density at radius 3 is 2.50 bits per heavy atom. The van der Waals surface area contributed by atoms with Crippen molar-refractivity contribution in [1.82, 2.24) is 5.32 Å². The number of para-hydroxylation sites is 1. The first kappa shape index (κ1) is 23.1. The second-order valence-electron chi connectivity index (χ2n) is 7.32. The Morgan fingerprint density at radius 1 is 1.03 bits per heavy atom. The van der Waals surface area contributed by atoms with Crippen LogP contribution in [0.25, 0.3) is 0 Å². The molecule has 1 N–H and O–H groups in total. The van der Waals surface area contributed by atoms with Gasteiger partial charge in [0, 0.05) is 17.3 Å². The summed E-state index contributed by atoms with van der Waals surface area (Å²) in [5.41, 5.74) is 2.26. The SMILES string of the molecule is CCOc1ccc(C(=O)NCC(=O)OCC(=O)N2c3ccccc3C[C@@H]2C)cc1OCC. The van der Waals surface area contributed by atoms with E-state index in [1.54, 1.807) is 23.1 Å². The summed E-state index contributed by atoms with van der Waals surface area (Å²) in [6, 6.07) is 12.5. The van der Waals surface area contributed by atoms with Crippen molar-refractivity contribution in [2.45, 2.75) is 33.2 Å². The average Bonchev–Trinajstić information content (AvgIpc) is 3.13. The molecule has 2 aromatic carbocycles. The van der Waals surface area contributed by atoms with E-state index < -0.39 is 11.9 Å². The van der Waals surface area contributed by atoms with Crippen molar-refractivity contribution in [2.75, 3.05) is 31.3 Å². The van der Waals surface area contributed by atoms with Crippen molar-refractivity contribution in [3.63, 3.8) is 0 Å². The molecule has 8 heteroatoms. The number of anilines is 1. The largest absolute Gasteiger partial charge is 0.490 e. The number of ether oxygens (including phenoxy) is 3. The van der Waals surface area contributed by atoms with Crippen LogP contribution in [-0.2, 0) is 20.7 Å². The highest BCUT2D eigenvalue weighted by molar-refractivity contribution is 5.99. The van der Waals surface area contributed by atoms with Crippen molar-refractivity contribution < 1.29 is 28.6 Å². The Morgan fingerprint density at radius 2 is 1.75 bits per heavy atom. The Hall–Kier alpha value is -3.55. The highest BCUT2D eigenvalue weighted by Crippen LogP contribution is 2.32. The molecule has 0 saturated carbocycles. The van der Waals surface area contributed by atoms with Crippen molar-refractivity contribution >= 4 is 23.5 Å². The summed E-state index contributed by atoms with van der Waals surface area (Å²) in [6.45, 7) is 5.80. The van der Waals surface area contributed by atoms with Gasteiger partial charge in [-0.3, -0.25) is 14.4 Å². The minimum Gasteiger partial charge on any atom is -0.490 e. The Bertz CT molecular complexity index is 990. The summed E-state index contributed by atoms with van der Waals surface area (Å²) >= 11 is 0. The molecule has 0 fully saturated rings. The van der Waals surface area contributed by atoms with Gasteiger partial charge in [0.05, 0.1) is 13.2 Å². The molecule has 2 amide bonds. The highest BCUT2D eigenvalue weighted by Gasteiger charge is 2.30. The van der Waals surface area contributed by atoms with Crippen LogP contribution in [-0.4, -0.2) is 50.2 Å². The van der Waals surface area contributed by atoms with Gasteiger partial charge in [0.2, 0.25) is 0 Å². The third-order valence-electron chi connectivity index (χ3n) is 5.03. The van der Waals surface area contributed by atoms with Gasteiger partial charge in [0.25, 0.3) is 11.8 Å². The Labute approximate surface area is 187 Å². The summed E-state index contributed by atoms with van der Waals surface area (Å²) in [7, 11) is 0. The number of esters is 1. The smallest absolute Gasteiger partial charge is 0.325 e. The van der Waals surface area contributed by atoms with Crippen LogP contribution >= 0.6 is 0 Å². The van der Waals surface area contributed by atoms with Gasteiger partial charge < -0.3 is 24.4 Å². The predicted molar refractivity (Wildman–Crippen MR) is 119 cm³/mol.